The van der Waals surface area contributed by atoms with Gasteiger partial charge in [0.05, 0.1) is 11.7 Å². The van der Waals surface area contributed by atoms with Crippen molar-refractivity contribution in [2.45, 2.75) is 18.6 Å². The summed E-state index contributed by atoms with van der Waals surface area (Å²) < 4.78 is 27.2. The average molecular weight is 511 g/mol. The molecule has 0 unspecified atom stereocenters. The van der Waals surface area contributed by atoms with E-state index in [9.17, 15) is 13.2 Å². The predicted octanol–water partition coefficient (Wildman–Crippen LogP) is 4.69. The molecule has 168 valence electrons. The summed E-state index contributed by atoms with van der Waals surface area (Å²) >= 11 is 13.1. The summed E-state index contributed by atoms with van der Waals surface area (Å²) in [5.41, 5.74) is 1.47. The molecule has 1 aromatic heterocycles. The van der Waals surface area contributed by atoms with Crippen LogP contribution in [0.1, 0.15) is 18.4 Å². The van der Waals surface area contributed by atoms with Crippen LogP contribution >= 0.6 is 34.5 Å². The summed E-state index contributed by atoms with van der Waals surface area (Å²) in [5.74, 6) is -0.866. The van der Waals surface area contributed by atoms with Crippen molar-refractivity contribution in [3.05, 3.63) is 64.1 Å². The zero-order valence-corrected chi connectivity index (χ0v) is 20.0. The number of benzene rings is 2. The molecular weight excluding hydrogens is 491 g/mol. The third-order valence-corrected chi connectivity index (χ3v) is 8.32. The van der Waals surface area contributed by atoms with E-state index < -0.39 is 15.9 Å². The highest BCUT2D eigenvalue weighted by Crippen LogP contribution is 2.29. The maximum atomic E-state index is 12.9. The number of hydrogen-bond acceptors (Lipinski definition) is 6. The molecule has 1 saturated heterocycles. The molecule has 11 heteroatoms. The second kappa shape index (κ2) is 9.84. The molecule has 0 aliphatic carbocycles. The Hall–Kier alpha value is -2.04. The molecule has 1 aliphatic heterocycles. The highest BCUT2D eigenvalue weighted by atomic mass is 35.5. The molecule has 32 heavy (non-hydrogen) atoms. The molecule has 2 aromatic carbocycles. The van der Waals surface area contributed by atoms with Crippen LogP contribution in [0.4, 0.5) is 5.13 Å². The molecule has 2 heterocycles. The van der Waals surface area contributed by atoms with Crippen molar-refractivity contribution in [3.8, 4) is 10.6 Å². The number of hydrogen-bond donors (Lipinski definition) is 1. The van der Waals surface area contributed by atoms with Gasteiger partial charge in [0.15, 0.2) is 0 Å². The van der Waals surface area contributed by atoms with Crippen LogP contribution < -0.4 is 5.32 Å². The maximum Gasteiger partial charge on any atom is 0.230 e. The lowest BCUT2D eigenvalue weighted by Gasteiger charge is -2.31. The maximum absolute atomic E-state index is 12.9. The lowest BCUT2D eigenvalue weighted by Crippen LogP contribution is -2.44. The molecular formula is C21H20Cl2N4O3S2. The van der Waals surface area contributed by atoms with E-state index in [0.717, 1.165) is 5.56 Å². The van der Waals surface area contributed by atoms with E-state index in [0.29, 0.717) is 45.1 Å². The van der Waals surface area contributed by atoms with Crippen molar-refractivity contribution in [2.24, 2.45) is 5.92 Å². The van der Waals surface area contributed by atoms with E-state index in [1.54, 1.807) is 36.4 Å². The summed E-state index contributed by atoms with van der Waals surface area (Å²) in [7, 11) is -3.57. The second-order valence-electron chi connectivity index (χ2n) is 7.49. The van der Waals surface area contributed by atoms with Gasteiger partial charge in [-0.15, -0.1) is 10.2 Å². The van der Waals surface area contributed by atoms with Gasteiger partial charge in [0.25, 0.3) is 0 Å². The minimum Gasteiger partial charge on any atom is -0.300 e. The van der Waals surface area contributed by atoms with Crippen molar-refractivity contribution < 1.29 is 13.2 Å². The van der Waals surface area contributed by atoms with E-state index in [2.05, 4.69) is 15.5 Å². The van der Waals surface area contributed by atoms with Gasteiger partial charge < -0.3 is 5.32 Å². The van der Waals surface area contributed by atoms with E-state index in [4.69, 9.17) is 23.2 Å². The Labute approximate surface area is 200 Å². The fraction of sp³-hybridized carbons (Fsp3) is 0.286. The van der Waals surface area contributed by atoms with Crippen LogP contribution in [0.3, 0.4) is 0 Å². The van der Waals surface area contributed by atoms with Crippen molar-refractivity contribution in [2.75, 3.05) is 18.4 Å². The number of amides is 1. The molecule has 1 fully saturated rings. The number of nitrogens with one attached hydrogen (secondary N) is 1. The first-order valence-corrected chi connectivity index (χ1v) is 13.1. The van der Waals surface area contributed by atoms with Gasteiger partial charge in [0.2, 0.25) is 21.1 Å². The molecule has 7 nitrogen and oxygen atoms in total. The summed E-state index contributed by atoms with van der Waals surface area (Å²) in [5, 5.41) is 13.1. The van der Waals surface area contributed by atoms with Crippen LogP contribution in [0.5, 0.6) is 0 Å². The largest absolute Gasteiger partial charge is 0.300 e. The molecule has 1 atom stereocenters. The fourth-order valence-corrected chi connectivity index (χ4v) is 6.22. The molecule has 0 bridgehead atoms. The predicted molar refractivity (Wildman–Crippen MR) is 127 cm³/mol. The Kier molecular flexibility index (Phi) is 7.11. The van der Waals surface area contributed by atoms with E-state index in [-0.39, 0.29) is 18.2 Å². The summed E-state index contributed by atoms with van der Waals surface area (Å²) in [6.07, 6.45) is 1.22. The van der Waals surface area contributed by atoms with Crippen LogP contribution in [0, 0.1) is 5.92 Å². The van der Waals surface area contributed by atoms with Crippen molar-refractivity contribution in [3.63, 3.8) is 0 Å². The SMILES string of the molecule is O=C(Nc1nnc(-c2ccc(Cl)cc2)s1)[C@H]1CCCN(S(=O)(=O)Cc2cccc(Cl)c2)C1. The van der Waals surface area contributed by atoms with E-state index >= 15 is 0 Å². The van der Waals surface area contributed by atoms with Crippen LogP contribution in [-0.4, -0.2) is 41.9 Å². The summed E-state index contributed by atoms with van der Waals surface area (Å²) in [6, 6.07) is 14.0. The summed E-state index contributed by atoms with van der Waals surface area (Å²) in [4.78, 5) is 12.8. The standard InChI is InChI=1S/C21H20Cl2N4O3S2/c22-17-8-6-15(7-9-17)20-25-26-21(31-20)24-19(28)16-4-2-10-27(12-16)32(29,30)13-14-3-1-5-18(23)11-14/h1,3,5-9,11,16H,2,4,10,12-13H2,(H,24,26,28)/t16-/m0/s1. The summed E-state index contributed by atoms with van der Waals surface area (Å²) in [6.45, 7) is 0.532. The topological polar surface area (TPSA) is 92.3 Å². The van der Waals surface area contributed by atoms with Crippen molar-refractivity contribution >= 4 is 55.6 Å². The molecule has 0 spiro atoms. The second-order valence-corrected chi connectivity index (χ2v) is 11.3. The zero-order valence-electron chi connectivity index (χ0n) is 16.9. The van der Waals surface area contributed by atoms with Crippen LogP contribution in [0.15, 0.2) is 48.5 Å². The van der Waals surface area contributed by atoms with Gasteiger partial charge >= 0.3 is 0 Å². The monoisotopic (exact) mass is 510 g/mol. The van der Waals surface area contributed by atoms with Crippen LogP contribution in [0.25, 0.3) is 10.6 Å². The van der Waals surface area contributed by atoms with Gasteiger partial charge in [-0.3, -0.25) is 4.79 Å². The Morgan fingerprint density at radius 3 is 2.66 bits per heavy atom. The van der Waals surface area contributed by atoms with Crippen molar-refractivity contribution in [1.82, 2.24) is 14.5 Å². The number of carbonyl (C=O) groups excluding carboxylic acids is 1. The van der Waals surface area contributed by atoms with Gasteiger partial charge in [-0.25, -0.2) is 12.7 Å². The molecule has 0 radical (unpaired) electrons. The Balaban J connectivity index is 1.40. The molecule has 0 saturated carbocycles. The molecule has 1 amide bonds. The quantitative estimate of drug-likeness (QED) is 0.518. The van der Waals surface area contributed by atoms with Gasteiger partial charge in [-0.1, -0.05) is 58.8 Å². The third-order valence-electron chi connectivity index (χ3n) is 5.13. The van der Waals surface area contributed by atoms with Crippen LogP contribution in [0.2, 0.25) is 10.0 Å². The number of piperidine rings is 1. The zero-order chi connectivity index (χ0) is 22.7. The molecule has 1 N–H and O–H groups in total. The number of anilines is 1. The lowest BCUT2D eigenvalue weighted by atomic mass is 9.99. The normalized spacial score (nSPS) is 17.2. The number of sulfonamides is 1. The number of halogens is 2. The Morgan fingerprint density at radius 2 is 1.91 bits per heavy atom. The van der Waals surface area contributed by atoms with Gasteiger partial charge in [-0.05, 0) is 42.7 Å². The minimum absolute atomic E-state index is 0.136. The third kappa shape index (κ3) is 5.65. The van der Waals surface area contributed by atoms with Gasteiger partial charge in [0.1, 0.15) is 5.01 Å². The minimum atomic E-state index is -3.57. The number of carbonyl (C=O) groups is 1. The molecule has 4 rings (SSSR count). The molecule has 1 aliphatic rings. The Morgan fingerprint density at radius 1 is 1.12 bits per heavy atom. The first kappa shape index (κ1) is 23.1. The first-order chi connectivity index (χ1) is 15.3. The smallest absolute Gasteiger partial charge is 0.230 e. The average Bonchev–Trinajstić information content (AvgIpc) is 3.22. The number of rotatable bonds is 6. The highest BCUT2D eigenvalue weighted by molar-refractivity contribution is 7.88. The Bertz CT molecular complexity index is 1220. The molecule has 3 aromatic rings. The van der Waals surface area contributed by atoms with Gasteiger partial charge in [-0.2, -0.15) is 0 Å². The van der Waals surface area contributed by atoms with Crippen LogP contribution in [-0.2, 0) is 20.6 Å². The first-order valence-electron chi connectivity index (χ1n) is 9.93. The fourth-order valence-electron chi connectivity index (χ4n) is 3.53. The number of nitrogens with zero attached hydrogens (tertiary/aromatic N) is 3. The van der Waals surface area contributed by atoms with Gasteiger partial charge in [0, 0.05) is 28.7 Å². The van der Waals surface area contributed by atoms with Crippen molar-refractivity contribution in [1.29, 1.82) is 0 Å². The van der Waals surface area contributed by atoms with E-state index in [1.165, 1.54) is 15.6 Å². The van der Waals surface area contributed by atoms with E-state index in [1.807, 2.05) is 12.1 Å². The lowest BCUT2D eigenvalue weighted by molar-refractivity contribution is -0.120. The highest BCUT2D eigenvalue weighted by Gasteiger charge is 2.32. The number of aromatic nitrogens is 2.